The van der Waals surface area contributed by atoms with Crippen molar-refractivity contribution in [1.29, 1.82) is 0 Å². The molecule has 0 aliphatic heterocycles. The molecular formula is C21H15ClFNO2. The molecule has 26 heavy (non-hydrogen) atoms. The number of hydrogen-bond donors (Lipinski definition) is 1. The minimum Gasteiger partial charge on any atom is -0.326 e. The van der Waals surface area contributed by atoms with E-state index < -0.39 is 5.82 Å². The minimum absolute atomic E-state index is 0.0957. The smallest absolute Gasteiger partial charge is 0.228 e. The quantitative estimate of drug-likeness (QED) is 0.652. The summed E-state index contributed by atoms with van der Waals surface area (Å²) in [6.45, 7) is 0. The molecule has 0 saturated carbocycles. The largest absolute Gasteiger partial charge is 0.326 e. The van der Waals surface area contributed by atoms with Gasteiger partial charge in [-0.05, 0) is 36.4 Å². The molecule has 0 fully saturated rings. The number of hydrogen-bond acceptors (Lipinski definition) is 2. The van der Waals surface area contributed by atoms with Crippen molar-refractivity contribution in [2.75, 3.05) is 5.32 Å². The first-order valence-electron chi connectivity index (χ1n) is 7.97. The molecule has 3 rings (SSSR count). The fraction of sp³-hybridized carbons (Fsp3) is 0.0476. The molecule has 0 unspecified atom stereocenters. The van der Waals surface area contributed by atoms with Gasteiger partial charge in [-0.1, -0.05) is 48.0 Å². The van der Waals surface area contributed by atoms with E-state index in [-0.39, 0.29) is 28.7 Å². The number of nitrogens with one attached hydrogen (secondary N) is 1. The second-order valence-electron chi connectivity index (χ2n) is 5.70. The normalized spacial score (nSPS) is 10.4. The van der Waals surface area contributed by atoms with E-state index in [1.54, 1.807) is 48.5 Å². The summed E-state index contributed by atoms with van der Waals surface area (Å²) in [6.07, 6.45) is -0.170. The van der Waals surface area contributed by atoms with Crippen LogP contribution in [0.4, 0.5) is 10.1 Å². The van der Waals surface area contributed by atoms with Gasteiger partial charge in [0.15, 0.2) is 5.78 Å². The van der Waals surface area contributed by atoms with Gasteiger partial charge in [0.1, 0.15) is 5.82 Å². The van der Waals surface area contributed by atoms with Gasteiger partial charge >= 0.3 is 0 Å². The Bertz CT molecular complexity index is 920. The average Bonchev–Trinajstić information content (AvgIpc) is 2.66. The molecule has 3 aromatic rings. The highest BCUT2D eigenvalue weighted by atomic mass is 35.5. The highest BCUT2D eigenvalue weighted by molar-refractivity contribution is 6.31. The van der Waals surface area contributed by atoms with Crippen molar-refractivity contribution in [3.63, 3.8) is 0 Å². The third-order valence-electron chi connectivity index (χ3n) is 3.87. The fourth-order valence-electron chi connectivity index (χ4n) is 2.53. The van der Waals surface area contributed by atoms with Crippen molar-refractivity contribution in [2.45, 2.75) is 6.42 Å². The molecule has 0 spiro atoms. The monoisotopic (exact) mass is 367 g/mol. The molecule has 3 nitrogen and oxygen atoms in total. The van der Waals surface area contributed by atoms with Crippen molar-refractivity contribution in [3.8, 4) is 0 Å². The summed E-state index contributed by atoms with van der Waals surface area (Å²) < 4.78 is 13.8. The number of benzene rings is 3. The van der Waals surface area contributed by atoms with Crippen LogP contribution in [-0.2, 0) is 11.2 Å². The van der Waals surface area contributed by atoms with Crippen LogP contribution in [0.25, 0.3) is 0 Å². The Morgan fingerprint density at radius 1 is 0.846 bits per heavy atom. The van der Waals surface area contributed by atoms with E-state index in [1.807, 2.05) is 6.07 Å². The summed E-state index contributed by atoms with van der Waals surface area (Å²) in [5.74, 6) is -1.00. The Hall–Kier alpha value is -2.98. The molecule has 0 bridgehead atoms. The number of amides is 1. The van der Waals surface area contributed by atoms with Crippen LogP contribution in [0.5, 0.6) is 0 Å². The predicted octanol–water partition coefficient (Wildman–Crippen LogP) is 4.89. The second kappa shape index (κ2) is 7.93. The van der Waals surface area contributed by atoms with Crippen LogP contribution in [0.3, 0.4) is 0 Å². The highest BCUT2D eigenvalue weighted by Crippen LogP contribution is 2.20. The van der Waals surface area contributed by atoms with E-state index in [4.69, 9.17) is 11.6 Å². The molecule has 1 amide bonds. The Labute approximate surface area is 155 Å². The van der Waals surface area contributed by atoms with Crippen LogP contribution < -0.4 is 5.32 Å². The summed E-state index contributed by atoms with van der Waals surface area (Å²) in [7, 11) is 0. The third kappa shape index (κ3) is 4.16. The fourth-order valence-corrected chi connectivity index (χ4v) is 2.76. The van der Waals surface area contributed by atoms with Gasteiger partial charge in [0.05, 0.1) is 6.42 Å². The number of anilines is 1. The summed E-state index contributed by atoms with van der Waals surface area (Å²) in [6, 6.07) is 19.8. The molecule has 0 radical (unpaired) electrons. The van der Waals surface area contributed by atoms with Crippen LogP contribution in [0.15, 0.2) is 72.8 Å². The SMILES string of the molecule is O=C(Cc1c(F)cccc1Cl)Nc1ccc(C(=O)c2ccccc2)cc1. The average molecular weight is 368 g/mol. The van der Waals surface area contributed by atoms with E-state index in [0.717, 1.165) is 0 Å². The van der Waals surface area contributed by atoms with Crippen LogP contribution in [0, 0.1) is 5.82 Å². The van der Waals surface area contributed by atoms with Crippen molar-refractivity contribution in [1.82, 2.24) is 0 Å². The van der Waals surface area contributed by atoms with E-state index in [0.29, 0.717) is 16.8 Å². The lowest BCUT2D eigenvalue weighted by Crippen LogP contribution is -2.15. The van der Waals surface area contributed by atoms with Gasteiger partial charge in [-0.15, -0.1) is 0 Å². The van der Waals surface area contributed by atoms with Crippen LogP contribution in [-0.4, -0.2) is 11.7 Å². The number of rotatable bonds is 5. The zero-order valence-electron chi connectivity index (χ0n) is 13.7. The second-order valence-corrected chi connectivity index (χ2v) is 6.10. The Kier molecular flexibility index (Phi) is 5.44. The zero-order chi connectivity index (χ0) is 18.5. The molecule has 0 aromatic heterocycles. The molecule has 0 aliphatic carbocycles. The number of carbonyl (C=O) groups excluding carboxylic acids is 2. The van der Waals surface area contributed by atoms with Crippen LogP contribution in [0.1, 0.15) is 21.5 Å². The number of halogens is 2. The lowest BCUT2D eigenvalue weighted by Gasteiger charge is -2.08. The van der Waals surface area contributed by atoms with Gasteiger partial charge in [0.2, 0.25) is 5.91 Å². The topological polar surface area (TPSA) is 46.2 Å². The Morgan fingerprint density at radius 3 is 2.15 bits per heavy atom. The van der Waals surface area contributed by atoms with E-state index in [1.165, 1.54) is 18.2 Å². The van der Waals surface area contributed by atoms with Gasteiger partial charge in [-0.25, -0.2) is 4.39 Å². The highest BCUT2D eigenvalue weighted by Gasteiger charge is 2.13. The Balaban J connectivity index is 1.68. The molecule has 0 atom stereocenters. The number of ketones is 1. The maximum absolute atomic E-state index is 13.8. The molecule has 0 saturated heterocycles. The molecule has 3 aromatic carbocycles. The summed E-state index contributed by atoms with van der Waals surface area (Å²) in [5, 5.41) is 2.89. The van der Waals surface area contributed by atoms with Crippen molar-refractivity contribution in [2.24, 2.45) is 0 Å². The maximum Gasteiger partial charge on any atom is 0.228 e. The van der Waals surface area contributed by atoms with Gasteiger partial charge in [0, 0.05) is 27.4 Å². The van der Waals surface area contributed by atoms with E-state index in [2.05, 4.69) is 5.32 Å². The molecule has 1 N–H and O–H groups in total. The standard InChI is InChI=1S/C21H15ClFNO2/c22-18-7-4-8-19(23)17(18)13-20(25)24-16-11-9-15(10-12-16)21(26)14-5-2-1-3-6-14/h1-12H,13H2,(H,24,25). The van der Waals surface area contributed by atoms with E-state index in [9.17, 15) is 14.0 Å². The maximum atomic E-state index is 13.8. The molecule has 130 valence electrons. The van der Waals surface area contributed by atoms with Gasteiger partial charge < -0.3 is 5.32 Å². The van der Waals surface area contributed by atoms with Crippen LogP contribution >= 0.6 is 11.6 Å². The van der Waals surface area contributed by atoms with Crippen LogP contribution in [0.2, 0.25) is 5.02 Å². The third-order valence-corrected chi connectivity index (χ3v) is 4.22. The molecule has 0 heterocycles. The summed E-state index contributed by atoms with van der Waals surface area (Å²) in [5.41, 5.74) is 1.79. The molecular weight excluding hydrogens is 353 g/mol. The zero-order valence-corrected chi connectivity index (χ0v) is 14.5. The van der Waals surface area contributed by atoms with Crippen molar-refractivity contribution in [3.05, 3.63) is 100 Å². The molecule has 0 aliphatic rings. The first-order chi connectivity index (χ1) is 12.5. The summed E-state index contributed by atoms with van der Waals surface area (Å²) >= 11 is 5.93. The minimum atomic E-state index is -0.517. The predicted molar refractivity (Wildman–Crippen MR) is 100 cm³/mol. The van der Waals surface area contributed by atoms with E-state index >= 15 is 0 Å². The van der Waals surface area contributed by atoms with Gasteiger partial charge in [-0.2, -0.15) is 0 Å². The first-order valence-corrected chi connectivity index (χ1v) is 8.35. The van der Waals surface area contributed by atoms with Crippen molar-refractivity contribution < 1.29 is 14.0 Å². The lowest BCUT2D eigenvalue weighted by atomic mass is 10.0. The van der Waals surface area contributed by atoms with Gasteiger partial charge in [0.25, 0.3) is 0 Å². The number of carbonyl (C=O) groups is 2. The van der Waals surface area contributed by atoms with Gasteiger partial charge in [-0.3, -0.25) is 9.59 Å². The Morgan fingerprint density at radius 2 is 1.50 bits per heavy atom. The van der Waals surface area contributed by atoms with Crippen molar-refractivity contribution >= 4 is 29.0 Å². The first kappa shape index (κ1) is 17.8. The lowest BCUT2D eigenvalue weighted by molar-refractivity contribution is -0.115. The summed E-state index contributed by atoms with van der Waals surface area (Å²) in [4.78, 5) is 24.5. The molecule has 5 heteroatoms.